The summed E-state index contributed by atoms with van der Waals surface area (Å²) in [6.45, 7) is 7.24. The minimum absolute atomic E-state index is 0.128. The second kappa shape index (κ2) is 8.43. The first-order valence-electron chi connectivity index (χ1n) is 7.02. The zero-order valence-corrected chi connectivity index (χ0v) is 12.4. The third-order valence-electron chi connectivity index (χ3n) is 2.77. The lowest BCUT2D eigenvalue weighted by molar-refractivity contribution is -0.127. The van der Waals surface area contributed by atoms with E-state index in [9.17, 15) is 4.79 Å². The molecular formula is C15H24N2O3. The first-order chi connectivity index (χ1) is 9.62. The summed E-state index contributed by atoms with van der Waals surface area (Å²) in [5.41, 5.74) is 6.57. The minimum atomic E-state index is -0.565. The van der Waals surface area contributed by atoms with Gasteiger partial charge in [0.15, 0.2) is 17.6 Å². The molecule has 0 aliphatic heterocycles. The zero-order chi connectivity index (χ0) is 15.0. The summed E-state index contributed by atoms with van der Waals surface area (Å²) in [6.07, 6.45) is 0.331. The van der Waals surface area contributed by atoms with E-state index in [-0.39, 0.29) is 5.91 Å². The molecular weight excluding hydrogens is 256 g/mol. The molecule has 1 atom stereocenters. The molecule has 1 amide bonds. The molecule has 1 aromatic carbocycles. The molecule has 0 aromatic heterocycles. The summed E-state index contributed by atoms with van der Waals surface area (Å²) in [7, 11) is 0. The number of nitrogens with one attached hydrogen (secondary N) is 1. The molecule has 5 nitrogen and oxygen atoms in total. The highest BCUT2D eigenvalue weighted by molar-refractivity contribution is 5.80. The van der Waals surface area contributed by atoms with Crippen molar-refractivity contribution in [2.75, 3.05) is 13.2 Å². The van der Waals surface area contributed by atoms with Crippen LogP contribution in [0.3, 0.4) is 0 Å². The lowest BCUT2D eigenvalue weighted by atomic mass is 10.2. The number of hydrogen-bond acceptors (Lipinski definition) is 4. The maximum Gasteiger partial charge on any atom is 0.260 e. The highest BCUT2D eigenvalue weighted by Gasteiger charge is 2.16. The Morgan fingerprint density at radius 2 is 2.10 bits per heavy atom. The van der Waals surface area contributed by atoms with Gasteiger partial charge in [-0.15, -0.1) is 0 Å². The van der Waals surface area contributed by atoms with Crippen LogP contribution in [0.4, 0.5) is 0 Å². The maximum absolute atomic E-state index is 11.8. The highest BCUT2D eigenvalue weighted by atomic mass is 16.5. The first kappa shape index (κ1) is 16.3. The standard InChI is InChI=1S/C15H24N2O3/c1-4-8-17-15(18)11(3)20-13-7-6-12(10-16)9-14(13)19-5-2/h6-7,9,11H,4-5,8,10,16H2,1-3H3,(H,17,18). The molecule has 0 spiro atoms. The molecule has 1 rings (SSSR count). The summed E-state index contributed by atoms with van der Waals surface area (Å²) >= 11 is 0. The van der Waals surface area contributed by atoms with E-state index < -0.39 is 6.10 Å². The maximum atomic E-state index is 11.8. The molecule has 1 unspecified atom stereocenters. The average molecular weight is 280 g/mol. The van der Waals surface area contributed by atoms with Gasteiger partial charge in [-0.05, 0) is 38.0 Å². The third-order valence-corrected chi connectivity index (χ3v) is 2.77. The van der Waals surface area contributed by atoms with Crippen molar-refractivity contribution in [2.45, 2.75) is 39.8 Å². The first-order valence-corrected chi connectivity index (χ1v) is 7.02. The van der Waals surface area contributed by atoms with Crippen LogP contribution >= 0.6 is 0 Å². The van der Waals surface area contributed by atoms with Crippen LogP contribution in [0.1, 0.15) is 32.8 Å². The van der Waals surface area contributed by atoms with Gasteiger partial charge in [0.25, 0.3) is 5.91 Å². The van der Waals surface area contributed by atoms with Gasteiger partial charge in [0.1, 0.15) is 0 Å². The van der Waals surface area contributed by atoms with Crippen LogP contribution in [0.25, 0.3) is 0 Å². The molecule has 20 heavy (non-hydrogen) atoms. The van der Waals surface area contributed by atoms with Crippen LogP contribution in [-0.2, 0) is 11.3 Å². The average Bonchev–Trinajstić information content (AvgIpc) is 2.46. The highest BCUT2D eigenvalue weighted by Crippen LogP contribution is 2.29. The summed E-state index contributed by atoms with van der Waals surface area (Å²) in [4.78, 5) is 11.8. The number of carbonyl (C=O) groups excluding carboxylic acids is 1. The second-order valence-electron chi connectivity index (χ2n) is 4.47. The molecule has 0 radical (unpaired) electrons. The minimum Gasteiger partial charge on any atom is -0.490 e. The Morgan fingerprint density at radius 3 is 2.70 bits per heavy atom. The van der Waals surface area contributed by atoms with E-state index in [0.717, 1.165) is 12.0 Å². The van der Waals surface area contributed by atoms with Crippen molar-refractivity contribution in [1.82, 2.24) is 5.32 Å². The molecule has 0 saturated carbocycles. The number of benzene rings is 1. The summed E-state index contributed by atoms with van der Waals surface area (Å²) in [6, 6.07) is 5.50. The Labute approximate surface area is 120 Å². The lowest BCUT2D eigenvalue weighted by Crippen LogP contribution is -2.36. The van der Waals surface area contributed by atoms with Gasteiger partial charge in [0.2, 0.25) is 0 Å². The van der Waals surface area contributed by atoms with E-state index in [0.29, 0.717) is 31.2 Å². The van der Waals surface area contributed by atoms with Crippen molar-refractivity contribution in [2.24, 2.45) is 5.73 Å². The molecule has 112 valence electrons. The molecule has 0 aliphatic carbocycles. The zero-order valence-electron chi connectivity index (χ0n) is 12.4. The number of amides is 1. The predicted molar refractivity (Wildman–Crippen MR) is 78.9 cm³/mol. The fraction of sp³-hybridized carbons (Fsp3) is 0.533. The van der Waals surface area contributed by atoms with E-state index in [1.54, 1.807) is 13.0 Å². The van der Waals surface area contributed by atoms with Gasteiger partial charge < -0.3 is 20.5 Å². The van der Waals surface area contributed by atoms with Crippen molar-refractivity contribution >= 4 is 5.91 Å². The predicted octanol–water partition coefficient (Wildman–Crippen LogP) is 1.84. The number of nitrogens with two attached hydrogens (primary N) is 1. The van der Waals surface area contributed by atoms with Gasteiger partial charge in [-0.25, -0.2) is 0 Å². The fourth-order valence-electron chi connectivity index (χ4n) is 1.68. The Bertz CT molecular complexity index is 435. The van der Waals surface area contributed by atoms with Crippen LogP contribution in [0, 0.1) is 0 Å². The molecule has 0 aliphatic rings. The molecule has 0 saturated heterocycles. The van der Waals surface area contributed by atoms with E-state index >= 15 is 0 Å². The SMILES string of the molecule is CCCNC(=O)C(C)Oc1ccc(CN)cc1OCC. The Morgan fingerprint density at radius 1 is 1.35 bits per heavy atom. The quantitative estimate of drug-likeness (QED) is 0.762. The summed E-state index contributed by atoms with van der Waals surface area (Å²) < 4.78 is 11.2. The van der Waals surface area contributed by atoms with E-state index in [1.165, 1.54) is 0 Å². The third kappa shape index (κ3) is 4.74. The van der Waals surface area contributed by atoms with Crippen molar-refractivity contribution in [3.63, 3.8) is 0 Å². The summed E-state index contributed by atoms with van der Waals surface area (Å²) in [5.74, 6) is 1.05. The van der Waals surface area contributed by atoms with Gasteiger partial charge in [0, 0.05) is 13.1 Å². The van der Waals surface area contributed by atoms with Crippen LogP contribution < -0.4 is 20.5 Å². The van der Waals surface area contributed by atoms with Crippen LogP contribution in [0.5, 0.6) is 11.5 Å². The lowest BCUT2D eigenvalue weighted by Gasteiger charge is -2.17. The number of ether oxygens (including phenoxy) is 2. The van der Waals surface area contributed by atoms with Gasteiger partial charge >= 0.3 is 0 Å². The molecule has 0 bridgehead atoms. The van der Waals surface area contributed by atoms with E-state index in [1.807, 2.05) is 26.0 Å². The van der Waals surface area contributed by atoms with Crippen LogP contribution in [0.2, 0.25) is 0 Å². The summed E-state index contributed by atoms with van der Waals surface area (Å²) in [5, 5.41) is 2.80. The van der Waals surface area contributed by atoms with Crippen molar-refractivity contribution in [1.29, 1.82) is 0 Å². The monoisotopic (exact) mass is 280 g/mol. The van der Waals surface area contributed by atoms with Gasteiger partial charge in [-0.1, -0.05) is 13.0 Å². The molecule has 0 heterocycles. The molecule has 1 aromatic rings. The van der Waals surface area contributed by atoms with Crippen molar-refractivity contribution in [3.8, 4) is 11.5 Å². The topological polar surface area (TPSA) is 73.6 Å². The Balaban J connectivity index is 2.77. The van der Waals surface area contributed by atoms with Crippen LogP contribution in [-0.4, -0.2) is 25.2 Å². The fourth-order valence-corrected chi connectivity index (χ4v) is 1.68. The number of rotatable bonds is 8. The molecule has 3 N–H and O–H groups in total. The van der Waals surface area contributed by atoms with Gasteiger partial charge in [-0.2, -0.15) is 0 Å². The number of hydrogen-bond donors (Lipinski definition) is 2. The normalized spacial score (nSPS) is 11.8. The van der Waals surface area contributed by atoms with Crippen LogP contribution in [0.15, 0.2) is 18.2 Å². The Hall–Kier alpha value is -1.75. The number of carbonyl (C=O) groups is 1. The molecule has 5 heteroatoms. The smallest absolute Gasteiger partial charge is 0.260 e. The van der Waals surface area contributed by atoms with Gasteiger partial charge in [0.05, 0.1) is 6.61 Å². The van der Waals surface area contributed by atoms with Gasteiger partial charge in [-0.3, -0.25) is 4.79 Å². The van der Waals surface area contributed by atoms with Crippen molar-refractivity contribution in [3.05, 3.63) is 23.8 Å². The van der Waals surface area contributed by atoms with E-state index in [4.69, 9.17) is 15.2 Å². The van der Waals surface area contributed by atoms with Crippen molar-refractivity contribution < 1.29 is 14.3 Å². The Kier molecular flexibility index (Phi) is 6.87. The molecule has 0 fully saturated rings. The van der Waals surface area contributed by atoms with E-state index in [2.05, 4.69) is 5.32 Å². The largest absolute Gasteiger partial charge is 0.490 e. The second-order valence-corrected chi connectivity index (χ2v) is 4.47.